The standard InChI is InChI=1S/C42H48N6O8/c1-5-24-18-25-19-32-38-28(20-48(32)41(54)29(25)21-56-42(24)55)26-10-9-11-27-30(13-14-31(44-38)36(26)27)45-39(52)23(4)43-40(53)37(22(2)3)46-33(49)12-7-6-8-17-47-34(50)15-16-35(47)51/h13-16,19,22-24,37H,5-12,17-18,20-21H2,1-4H3,(H,43,53)(H,45,52)(H,46,49)/t23-,24?,37-/m0/s1. The molecule has 14 nitrogen and oxygen atoms in total. The van der Waals surface area contributed by atoms with E-state index in [1.165, 1.54) is 17.1 Å². The Kier molecular flexibility index (Phi) is 10.9. The third-order valence-corrected chi connectivity index (χ3v) is 11.5. The number of benzene rings is 1. The largest absolute Gasteiger partial charge is 0.460 e. The van der Waals surface area contributed by atoms with Gasteiger partial charge in [0.05, 0.1) is 34.9 Å². The number of hydrogen-bond acceptors (Lipinski definition) is 9. The molecule has 0 fully saturated rings. The third kappa shape index (κ3) is 7.36. The molecule has 294 valence electrons. The minimum Gasteiger partial charge on any atom is -0.460 e. The number of aromatic nitrogens is 2. The minimum atomic E-state index is -0.904. The number of pyridine rings is 2. The number of anilines is 1. The lowest BCUT2D eigenvalue weighted by Crippen LogP contribution is -2.53. The van der Waals surface area contributed by atoms with Crippen LogP contribution in [0.1, 0.15) is 94.0 Å². The van der Waals surface area contributed by atoms with E-state index in [2.05, 4.69) is 16.0 Å². The highest BCUT2D eigenvalue weighted by Crippen LogP contribution is 2.42. The number of unbranched alkanes of at least 4 members (excludes halogenated alkanes) is 2. The maximum Gasteiger partial charge on any atom is 0.309 e. The molecule has 3 atom stereocenters. The van der Waals surface area contributed by atoms with Crippen LogP contribution in [0.15, 0.2) is 35.1 Å². The van der Waals surface area contributed by atoms with Gasteiger partial charge in [0, 0.05) is 41.8 Å². The van der Waals surface area contributed by atoms with E-state index in [1.807, 2.05) is 39.0 Å². The van der Waals surface area contributed by atoms with Gasteiger partial charge in [-0.25, -0.2) is 4.98 Å². The van der Waals surface area contributed by atoms with Gasteiger partial charge in [-0.3, -0.25) is 38.5 Å². The molecule has 5 amide bonds. The second-order valence-corrected chi connectivity index (χ2v) is 15.6. The van der Waals surface area contributed by atoms with Crippen LogP contribution in [-0.2, 0) is 65.9 Å². The fourth-order valence-corrected chi connectivity index (χ4v) is 8.31. The molecule has 0 spiro atoms. The smallest absolute Gasteiger partial charge is 0.309 e. The van der Waals surface area contributed by atoms with E-state index in [4.69, 9.17) is 9.72 Å². The first-order chi connectivity index (χ1) is 26.9. The van der Waals surface area contributed by atoms with Crippen molar-refractivity contribution >= 4 is 52.1 Å². The maximum absolute atomic E-state index is 13.8. The van der Waals surface area contributed by atoms with Gasteiger partial charge in [-0.05, 0) is 92.7 Å². The van der Waals surface area contributed by atoms with E-state index in [-0.39, 0.29) is 54.1 Å². The van der Waals surface area contributed by atoms with Crippen molar-refractivity contribution in [2.24, 2.45) is 11.8 Å². The molecule has 0 saturated carbocycles. The van der Waals surface area contributed by atoms with Gasteiger partial charge in [-0.1, -0.05) is 27.2 Å². The molecule has 0 radical (unpaired) electrons. The van der Waals surface area contributed by atoms with Crippen LogP contribution in [0.4, 0.5) is 5.69 Å². The second kappa shape index (κ2) is 15.8. The molecule has 3 aliphatic heterocycles. The Morgan fingerprint density at radius 1 is 0.911 bits per heavy atom. The van der Waals surface area contributed by atoms with Gasteiger partial charge < -0.3 is 25.3 Å². The van der Waals surface area contributed by atoms with Crippen molar-refractivity contribution in [3.05, 3.63) is 68.5 Å². The number of amides is 5. The number of carbonyl (C=O) groups is 6. The summed E-state index contributed by atoms with van der Waals surface area (Å²) in [6, 6.07) is 3.97. The Labute approximate surface area is 324 Å². The Balaban J connectivity index is 1.01. The van der Waals surface area contributed by atoms with Gasteiger partial charge in [0.15, 0.2) is 0 Å². The molecule has 1 aromatic carbocycles. The van der Waals surface area contributed by atoms with Crippen molar-refractivity contribution in [1.82, 2.24) is 25.1 Å². The van der Waals surface area contributed by atoms with Crippen molar-refractivity contribution in [1.29, 1.82) is 0 Å². The van der Waals surface area contributed by atoms with Crippen LogP contribution in [0.3, 0.4) is 0 Å². The number of nitrogens with one attached hydrogen (secondary N) is 3. The predicted octanol–water partition coefficient (Wildman–Crippen LogP) is 3.61. The fraction of sp³-hybridized carbons (Fsp3) is 0.476. The molecule has 56 heavy (non-hydrogen) atoms. The van der Waals surface area contributed by atoms with Crippen LogP contribution in [0.25, 0.3) is 22.3 Å². The SMILES string of the molecule is CCC1Cc2cc3n(c(=O)c2COC1=O)Cc1c-3nc2ccc(NC(=O)[C@H](C)NC(=O)[C@@H](NC(=O)CCCCCN3C(=O)C=CC3=O)C(C)C)c3c2c1CCC3. The van der Waals surface area contributed by atoms with Crippen LogP contribution in [0, 0.1) is 11.8 Å². The molecular formula is C42H48N6O8. The van der Waals surface area contributed by atoms with Crippen molar-refractivity contribution < 1.29 is 33.5 Å². The number of nitrogens with zero attached hydrogens (tertiary/aromatic N) is 3. The molecule has 7 rings (SSSR count). The summed E-state index contributed by atoms with van der Waals surface area (Å²) in [5, 5.41) is 9.59. The van der Waals surface area contributed by atoms with Crippen molar-refractivity contribution in [2.75, 3.05) is 11.9 Å². The third-order valence-electron chi connectivity index (χ3n) is 11.5. The lowest BCUT2D eigenvalue weighted by atomic mass is 9.86. The summed E-state index contributed by atoms with van der Waals surface area (Å²) >= 11 is 0. The number of aryl methyl sites for hydroxylation is 2. The Bertz CT molecular complexity index is 2240. The fourth-order valence-electron chi connectivity index (χ4n) is 8.31. The number of fused-ring (bicyclic) bond motifs is 5. The summed E-state index contributed by atoms with van der Waals surface area (Å²) in [5.74, 6) is -2.63. The van der Waals surface area contributed by atoms with E-state index in [0.717, 1.165) is 63.8 Å². The predicted molar refractivity (Wildman–Crippen MR) is 207 cm³/mol. The van der Waals surface area contributed by atoms with E-state index >= 15 is 0 Å². The van der Waals surface area contributed by atoms with Gasteiger partial charge in [0.2, 0.25) is 17.7 Å². The molecule has 2 aromatic heterocycles. The van der Waals surface area contributed by atoms with Gasteiger partial charge in [0.1, 0.15) is 18.7 Å². The molecule has 0 bridgehead atoms. The van der Waals surface area contributed by atoms with E-state index in [1.54, 1.807) is 11.5 Å². The highest BCUT2D eigenvalue weighted by Gasteiger charge is 2.34. The van der Waals surface area contributed by atoms with Crippen molar-refractivity contribution in [2.45, 2.75) is 111 Å². The number of imide groups is 1. The van der Waals surface area contributed by atoms with Gasteiger partial charge in [-0.15, -0.1) is 0 Å². The van der Waals surface area contributed by atoms with Crippen LogP contribution in [-0.4, -0.2) is 68.6 Å². The molecule has 14 heteroatoms. The lowest BCUT2D eigenvalue weighted by molar-refractivity contribution is -0.149. The van der Waals surface area contributed by atoms with Crippen LogP contribution >= 0.6 is 0 Å². The Morgan fingerprint density at radius 2 is 1.66 bits per heavy atom. The molecule has 1 aliphatic carbocycles. The zero-order valence-corrected chi connectivity index (χ0v) is 32.3. The van der Waals surface area contributed by atoms with Crippen molar-refractivity contribution in [3.63, 3.8) is 0 Å². The number of hydrogen-bond donors (Lipinski definition) is 3. The molecule has 4 aliphatic rings. The van der Waals surface area contributed by atoms with E-state index in [0.29, 0.717) is 56.4 Å². The molecule has 1 unspecified atom stereocenters. The average molecular weight is 765 g/mol. The van der Waals surface area contributed by atoms with Crippen LogP contribution in [0.2, 0.25) is 0 Å². The van der Waals surface area contributed by atoms with Gasteiger partial charge >= 0.3 is 5.97 Å². The maximum atomic E-state index is 13.8. The molecule has 3 aromatic rings. The average Bonchev–Trinajstić information content (AvgIpc) is 3.65. The zero-order valence-electron chi connectivity index (χ0n) is 32.3. The number of rotatable bonds is 13. The number of ether oxygens (including phenoxy) is 1. The number of carbonyl (C=O) groups excluding carboxylic acids is 6. The normalized spacial score (nSPS) is 17.9. The lowest BCUT2D eigenvalue weighted by Gasteiger charge is -2.25. The second-order valence-electron chi connectivity index (χ2n) is 15.6. The monoisotopic (exact) mass is 764 g/mol. The molecule has 5 heterocycles. The summed E-state index contributed by atoms with van der Waals surface area (Å²) in [7, 11) is 0. The number of esters is 1. The van der Waals surface area contributed by atoms with Crippen LogP contribution < -0.4 is 21.5 Å². The summed E-state index contributed by atoms with van der Waals surface area (Å²) in [6.45, 7) is 7.81. The van der Waals surface area contributed by atoms with Crippen molar-refractivity contribution in [3.8, 4) is 11.4 Å². The first-order valence-corrected chi connectivity index (χ1v) is 19.7. The minimum absolute atomic E-state index is 0.0318. The Hall–Kier alpha value is -5.66. The topological polar surface area (TPSA) is 186 Å². The van der Waals surface area contributed by atoms with E-state index in [9.17, 15) is 33.6 Å². The quantitative estimate of drug-likeness (QED) is 0.104. The molecule has 0 saturated heterocycles. The van der Waals surface area contributed by atoms with Gasteiger partial charge in [0.25, 0.3) is 17.4 Å². The number of cyclic esters (lactones) is 1. The summed E-state index contributed by atoms with van der Waals surface area (Å²) < 4.78 is 7.22. The first kappa shape index (κ1) is 38.6. The zero-order chi connectivity index (χ0) is 39.8. The van der Waals surface area contributed by atoms with Crippen LogP contribution in [0.5, 0.6) is 0 Å². The Morgan fingerprint density at radius 3 is 2.39 bits per heavy atom. The molecule has 3 N–H and O–H groups in total. The van der Waals surface area contributed by atoms with E-state index < -0.39 is 23.9 Å². The highest BCUT2D eigenvalue weighted by atomic mass is 16.5. The summed E-state index contributed by atoms with van der Waals surface area (Å²) in [4.78, 5) is 95.6. The summed E-state index contributed by atoms with van der Waals surface area (Å²) in [6.07, 6.45) is 7.86. The molecular weight excluding hydrogens is 716 g/mol. The highest BCUT2D eigenvalue weighted by molar-refractivity contribution is 6.12. The summed E-state index contributed by atoms with van der Waals surface area (Å²) in [5.41, 5.74) is 7.22. The first-order valence-electron chi connectivity index (χ1n) is 19.7. The van der Waals surface area contributed by atoms with Gasteiger partial charge in [-0.2, -0.15) is 0 Å².